The van der Waals surface area contributed by atoms with Gasteiger partial charge < -0.3 is 20.5 Å². The van der Waals surface area contributed by atoms with Gasteiger partial charge in [0.1, 0.15) is 17.7 Å². The zero-order valence-electron chi connectivity index (χ0n) is 22.7. The average Bonchev–Trinajstić information content (AvgIpc) is 3.55. The highest BCUT2D eigenvalue weighted by Gasteiger charge is 2.42. The molecule has 0 aliphatic carbocycles. The maximum Gasteiger partial charge on any atom is 0.410 e. The molecular weight excluding hydrogens is 520 g/mol. The van der Waals surface area contributed by atoms with Gasteiger partial charge in [-0.1, -0.05) is 30.3 Å². The van der Waals surface area contributed by atoms with Crippen molar-refractivity contribution >= 4 is 35.3 Å². The number of nitrogens with zero attached hydrogens (tertiary/aromatic N) is 2. The first-order valence-electron chi connectivity index (χ1n) is 13.1. The van der Waals surface area contributed by atoms with Crippen LogP contribution in [-0.4, -0.2) is 63.1 Å². The fourth-order valence-corrected chi connectivity index (χ4v) is 6.08. The Morgan fingerprint density at radius 2 is 1.87 bits per heavy atom. The summed E-state index contributed by atoms with van der Waals surface area (Å²) in [7, 11) is 0. The molecule has 39 heavy (non-hydrogen) atoms. The molecule has 2 aliphatic heterocycles. The maximum atomic E-state index is 13.3. The number of benzene rings is 1. The van der Waals surface area contributed by atoms with Crippen LogP contribution in [0.15, 0.2) is 36.4 Å². The zero-order valence-corrected chi connectivity index (χ0v) is 23.5. The Hall–Kier alpha value is -3.60. The predicted octanol–water partition coefficient (Wildman–Crippen LogP) is 3.73. The van der Waals surface area contributed by atoms with E-state index in [1.807, 2.05) is 36.4 Å². The Morgan fingerprint density at radius 1 is 1.15 bits per heavy atom. The third kappa shape index (κ3) is 7.29. The van der Waals surface area contributed by atoms with Crippen molar-refractivity contribution in [3.8, 4) is 0 Å². The minimum atomic E-state index is -0.947. The van der Waals surface area contributed by atoms with Gasteiger partial charge in [-0.3, -0.25) is 19.4 Å². The van der Waals surface area contributed by atoms with E-state index in [0.717, 1.165) is 27.3 Å². The van der Waals surface area contributed by atoms with Crippen LogP contribution in [0.25, 0.3) is 0 Å². The molecule has 4 rings (SSSR count). The smallest absolute Gasteiger partial charge is 0.410 e. The predicted molar refractivity (Wildman–Crippen MR) is 146 cm³/mol. The molecule has 2 aromatic rings. The third-order valence-electron chi connectivity index (χ3n) is 6.79. The number of amides is 4. The molecule has 210 valence electrons. The number of fused-ring (bicyclic) bond motifs is 1. The minimum Gasteiger partial charge on any atom is -0.465 e. The molecule has 10 nitrogen and oxygen atoms in total. The maximum absolute atomic E-state index is 13.3. The van der Waals surface area contributed by atoms with E-state index in [9.17, 15) is 19.2 Å². The summed E-state index contributed by atoms with van der Waals surface area (Å²) in [4.78, 5) is 54.9. The van der Waals surface area contributed by atoms with E-state index in [2.05, 4.69) is 10.6 Å². The van der Waals surface area contributed by atoms with Crippen LogP contribution in [0.2, 0.25) is 0 Å². The molecule has 1 saturated heterocycles. The number of carboxylic acid groups (broad SMARTS) is 1. The monoisotopic (exact) mass is 556 g/mol. The Bertz CT molecular complexity index is 1200. The standard InChI is InChI=1S/C28H36N4O6S/c1-17(24(33)29-13-21-12-20-15-31(26(35)36)16-23(20)39-21)30-25(34)22-11-19(10-18-8-6-5-7-9-18)14-32(22)27(37)38-28(2,3)4/h5-9,12,17,19,22H,10-11,13-16H2,1-4H3,(H,29,33)(H,30,34)(H,35,36)/t17-,19-,22+/m0/s1. The zero-order chi connectivity index (χ0) is 28.3. The normalized spacial score (nSPS) is 19.4. The molecule has 3 atom stereocenters. The average molecular weight is 557 g/mol. The molecule has 0 radical (unpaired) electrons. The molecule has 4 amide bonds. The van der Waals surface area contributed by atoms with Gasteiger partial charge in [0.05, 0.1) is 19.6 Å². The molecule has 2 aliphatic rings. The van der Waals surface area contributed by atoms with Gasteiger partial charge in [-0.15, -0.1) is 11.3 Å². The lowest BCUT2D eigenvalue weighted by Crippen LogP contribution is -2.52. The van der Waals surface area contributed by atoms with Crippen LogP contribution in [0.5, 0.6) is 0 Å². The highest BCUT2D eigenvalue weighted by Crippen LogP contribution is 2.31. The van der Waals surface area contributed by atoms with Crippen molar-refractivity contribution in [1.82, 2.24) is 20.4 Å². The van der Waals surface area contributed by atoms with Crippen molar-refractivity contribution in [3.05, 3.63) is 57.3 Å². The van der Waals surface area contributed by atoms with E-state index in [4.69, 9.17) is 9.84 Å². The van der Waals surface area contributed by atoms with E-state index in [0.29, 0.717) is 26.1 Å². The first kappa shape index (κ1) is 28.4. The summed E-state index contributed by atoms with van der Waals surface area (Å²) in [6.45, 7) is 8.36. The van der Waals surface area contributed by atoms with Crippen LogP contribution in [0.1, 0.15) is 55.0 Å². The van der Waals surface area contributed by atoms with Crippen LogP contribution in [0.3, 0.4) is 0 Å². The minimum absolute atomic E-state index is 0.0811. The summed E-state index contributed by atoms with van der Waals surface area (Å²) < 4.78 is 5.58. The lowest BCUT2D eigenvalue weighted by molar-refractivity contribution is -0.131. The largest absolute Gasteiger partial charge is 0.465 e. The van der Waals surface area contributed by atoms with Gasteiger partial charge in [0, 0.05) is 16.3 Å². The van der Waals surface area contributed by atoms with E-state index >= 15 is 0 Å². The van der Waals surface area contributed by atoms with Crippen molar-refractivity contribution in [3.63, 3.8) is 0 Å². The Morgan fingerprint density at radius 3 is 2.51 bits per heavy atom. The summed E-state index contributed by atoms with van der Waals surface area (Å²) in [5, 5.41) is 14.8. The number of carbonyl (C=O) groups is 4. The molecule has 0 saturated carbocycles. The highest BCUT2D eigenvalue weighted by atomic mass is 32.1. The van der Waals surface area contributed by atoms with E-state index in [1.54, 1.807) is 27.7 Å². The van der Waals surface area contributed by atoms with Crippen molar-refractivity contribution < 1.29 is 29.0 Å². The van der Waals surface area contributed by atoms with Crippen molar-refractivity contribution in [2.45, 2.75) is 77.9 Å². The summed E-state index contributed by atoms with van der Waals surface area (Å²) in [5.74, 6) is -0.646. The second kappa shape index (κ2) is 11.6. The Balaban J connectivity index is 1.34. The topological polar surface area (TPSA) is 128 Å². The first-order chi connectivity index (χ1) is 18.4. The van der Waals surface area contributed by atoms with Crippen molar-refractivity contribution in [1.29, 1.82) is 0 Å². The second-order valence-corrected chi connectivity index (χ2v) is 12.4. The van der Waals surface area contributed by atoms with Gasteiger partial charge in [-0.25, -0.2) is 9.59 Å². The van der Waals surface area contributed by atoms with Crippen LogP contribution in [0.4, 0.5) is 9.59 Å². The van der Waals surface area contributed by atoms with Gasteiger partial charge in [-0.05, 0) is 63.6 Å². The number of nitrogens with one attached hydrogen (secondary N) is 2. The fraction of sp³-hybridized carbons (Fsp3) is 0.500. The summed E-state index contributed by atoms with van der Waals surface area (Å²) in [6, 6.07) is 10.3. The first-order valence-corrected chi connectivity index (χ1v) is 13.9. The third-order valence-corrected chi connectivity index (χ3v) is 7.95. The number of hydrogen-bond donors (Lipinski definition) is 3. The molecule has 1 aromatic heterocycles. The molecule has 3 heterocycles. The van der Waals surface area contributed by atoms with E-state index < -0.39 is 29.9 Å². The van der Waals surface area contributed by atoms with Crippen LogP contribution in [0, 0.1) is 5.92 Å². The lowest BCUT2D eigenvalue weighted by Gasteiger charge is -2.28. The summed E-state index contributed by atoms with van der Waals surface area (Å²) in [5.41, 5.74) is 1.40. The number of carbonyl (C=O) groups excluding carboxylic acids is 3. The van der Waals surface area contributed by atoms with E-state index in [1.165, 1.54) is 21.1 Å². The number of thiophene rings is 1. The second-order valence-electron chi connectivity index (χ2n) is 11.2. The number of hydrogen-bond acceptors (Lipinski definition) is 6. The van der Waals surface area contributed by atoms with Gasteiger partial charge in [0.2, 0.25) is 11.8 Å². The van der Waals surface area contributed by atoms with Crippen molar-refractivity contribution in [2.75, 3.05) is 6.54 Å². The molecule has 0 unspecified atom stereocenters. The van der Waals surface area contributed by atoms with Crippen LogP contribution in [-0.2, 0) is 40.4 Å². The van der Waals surface area contributed by atoms with Gasteiger partial charge >= 0.3 is 12.2 Å². The van der Waals surface area contributed by atoms with Gasteiger partial charge in [0.15, 0.2) is 0 Å². The number of ether oxygens (including phenoxy) is 1. The quantitative estimate of drug-likeness (QED) is 0.477. The van der Waals surface area contributed by atoms with Gasteiger partial charge in [-0.2, -0.15) is 0 Å². The molecule has 0 bridgehead atoms. The van der Waals surface area contributed by atoms with Crippen molar-refractivity contribution in [2.24, 2.45) is 5.92 Å². The number of likely N-dealkylation sites (tertiary alicyclic amines) is 1. The molecule has 0 spiro atoms. The molecule has 11 heteroatoms. The molecule has 3 N–H and O–H groups in total. The van der Waals surface area contributed by atoms with Crippen LogP contribution < -0.4 is 10.6 Å². The van der Waals surface area contributed by atoms with Gasteiger partial charge in [0.25, 0.3) is 0 Å². The molecular formula is C28H36N4O6S. The van der Waals surface area contributed by atoms with Crippen LogP contribution >= 0.6 is 11.3 Å². The van der Waals surface area contributed by atoms with E-state index in [-0.39, 0.29) is 24.3 Å². The lowest BCUT2D eigenvalue weighted by atomic mass is 9.96. The SMILES string of the molecule is C[C@H](NC(=O)[C@H]1C[C@H](Cc2ccccc2)CN1C(=O)OC(C)(C)C)C(=O)NCc1cc2c(s1)CN(C(=O)O)C2. The summed E-state index contributed by atoms with van der Waals surface area (Å²) in [6.07, 6.45) is -0.281. The Kier molecular flexibility index (Phi) is 8.48. The summed E-state index contributed by atoms with van der Waals surface area (Å²) >= 11 is 1.47. The number of rotatable bonds is 7. The Labute approximate surface area is 232 Å². The highest BCUT2D eigenvalue weighted by molar-refractivity contribution is 7.12. The molecule has 1 fully saturated rings. The molecule has 1 aromatic carbocycles. The fourth-order valence-electron chi connectivity index (χ4n) is 4.94.